The van der Waals surface area contributed by atoms with E-state index in [4.69, 9.17) is 4.74 Å². The molecule has 1 aliphatic carbocycles. The van der Waals surface area contributed by atoms with Crippen LogP contribution in [0, 0.1) is 0 Å². The van der Waals surface area contributed by atoms with Gasteiger partial charge in [0.05, 0.1) is 12.8 Å². The average Bonchev–Trinajstić information content (AvgIpc) is 3.50. The average molecular weight is 735 g/mol. The predicted molar refractivity (Wildman–Crippen MR) is 240 cm³/mol. The molecular formula is C54H42N2O. The quantitative estimate of drug-likeness (QED) is 0.155. The predicted octanol–water partition coefficient (Wildman–Crippen LogP) is 14.9. The molecule has 274 valence electrons. The van der Waals surface area contributed by atoms with Crippen molar-refractivity contribution >= 4 is 55.7 Å². The normalized spacial score (nSPS) is 12.6. The van der Waals surface area contributed by atoms with Gasteiger partial charge >= 0.3 is 0 Å². The summed E-state index contributed by atoms with van der Waals surface area (Å²) in [6, 6.07) is 72.1. The third-order valence-electron chi connectivity index (χ3n) is 11.7. The first-order chi connectivity index (χ1) is 28.0. The van der Waals surface area contributed by atoms with E-state index in [-0.39, 0.29) is 5.41 Å². The molecule has 10 rings (SSSR count). The van der Waals surface area contributed by atoms with Crippen LogP contribution in [0.3, 0.4) is 0 Å². The lowest BCUT2D eigenvalue weighted by Gasteiger charge is -2.29. The lowest BCUT2D eigenvalue weighted by Crippen LogP contribution is -2.16. The van der Waals surface area contributed by atoms with E-state index < -0.39 is 0 Å². The van der Waals surface area contributed by atoms with Crippen molar-refractivity contribution in [2.75, 3.05) is 16.9 Å². The summed E-state index contributed by atoms with van der Waals surface area (Å²) < 4.78 is 6.28. The summed E-state index contributed by atoms with van der Waals surface area (Å²) in [6.07, 6.45) is 0. The zero-order chi connectivity index (χ0) is 38.5. The van der Waals surface area contributed by atoms with Crippen LogP contribution in [0.5, 0.6) is 5.75 Å². The van der Waals surface area contributed by atoms with Crippen LogP contribution >= 0.6 is 0 Å². The maximum Gasteiger partial charge on any atom is 0.128 e. The standard InChI is InChI=1S/C54H42N2O/c1-54(2)50-25-15-14-23-46(50)47-30-28-42(35-51(47)54)55(39-18-6-4-7-19-39)43-29-31-49(53(36-43)57-3)45-32-33-52(48-24-13-12-22-44(45)48)56(40-20-8-5-9-21-40)41-27-26-37-16-10-11-17-38(37)34-41/h4-36H,1-3H3. The summed E-state index contributed by atoms with van der Waals surface area (Å²) in [5, 5.41) is 4.75. The van der Waals surface area contributed by atoms with Crippen LogP contribution in [0.2, 0.25) is 0 Å². The van der Waals surface area contributed by atoms with Crippen molar-refractivity contribution in [3.63, 3.8) is 0 Å². The summed E-state index contributed by atoms with van der Waals surface area (Å²) in [6.45, 7) is 4.67. The Morgan fingerprint density at radius 2 is 0.912 bits per heavy atom. The van der Waals surface area contributed by atoms with Crippen molar-refractivity contribution in [1.29, 1.82) is 0 Å². The van der Waals surface area contributed by atoms with Gasteiger partial charge in [0.25, 0.3) is 0 Å². The van der Waals surface area contributed by atoms with Crippen LogP contribution in [-0.4, -0.2) is 7.11 Å². The Balaban J connectivity index is 1.10. The number of hydrogen-bond donors (Lipinski definition) is 0. The van der Waals surface area contributed by atoms with Gasteiger partial charge in [-0.05, 0) is 111 Å². The number of anilines is 6. The summed E-state index contributed by atoms with van der Waals surface area (Å²) in [4.78, 5) is 4.71. The zero-order valence-corrected chi connectivity index (χ0v) is 32.4. The fourth-order valence-corrected chi connectivity index (χ4v) is 8.93. The minimum atomic E-state index is -0.108. The van der Waals surface area contributed by atoms with Gasteiger partial charge in [0.15, 0.2) is 0 Å². The molecule has 0 unspecified atom stereocenters. The van der Waals surface area contributed by atoms with Crippen LogP contribution in [0.25, 0.3) is 43.8 Å². The van der Waals surface area contributed by atoms with E-state index in [2.05, 4.69) is 224 Å². The Morgan fingerprint density at radius 3 is 1.67 bits per heavy atom. The highest BCUT2D eigenvalue weighted by Crippen LogP contribution is 2.51. The van der Waals surface area contributed by atoms with Crippen molar-refractivity contribution in [3.05, 3.63) is 211 Å². The molecule has 0 radical (unpaired) electrons. The smallest absolute Gasteiger partial charge is 0.128 e. The van der Waals surface area contributed by atoms with E-state index in [1.54, 1.807) is 7.11 Å². The number of hydrogen-bond acceptors (Lipinski definition) is 3. The van der Waals surface area contributed by atoms with E-state index in [9.17, 15) is 0 Å². The van der Waals surface area contributed by atoms with Crippen molar-refractivity contribution in [3.8, 4) is 28.0 Å². The van der Waals surface area contributed by atoms with E-state index in [0.29, 0.717) is 0 Å². The number of rotatable bonds is 8. The Hall–Kier alpha value is -7.10. The molecule has 0 N–H and O–H groups in total. The van der Waals surface area contributed by atoms with E-state index >= 15 is 0 Å². The van der Waals surface area contributed by atoms with Gasteiger partial charge in [-0.25, -0.2) is 0 Å². The highest BCUT2D eigenvalue weighted by molar-refractivity contribution is 6.07. The molecule has 0 atom stereocenters. The second kappa shape index (κ2) is 13.9. The van der Waals surface area contributed by atoms with Gasteiger partial charge in [0, 0.05) is 50.9 Å². The van der Waals surface area contributed by atoms with Gasteiger partial charge in [-0.3, -0.25) is 0 Å². The fourth-order valence-electron chi connectivity index (χ4n) is 8.93. The third-order valence-corrected chi connectivity index (χ3v) is 11.7. The molecular weight excluding hydrogens is 693 g/mol. The molecule has 0 aromatic heterocycles. The number of nitrogens with zero attached hydrogens (tertiary/aromatic N) is 2. The number of para-hydroxylation sites is 2. The third kappa shape index (κ3) is 5.82. The van der Waals surface area contributed by atoms with Crippen LogP contribution in [-0.2, 0) is 5.41 Å². The second-order valence-electron chi connectivity index (χ2n) is 15.3. The second-order valence-corrected chi connectivity index (χ2v) is 15.3. The molecule has 3 heteroatoms. The van der Waals surface area contributed by atoms with Gasteiger partial charge < -0.3 is 14.5 Å². The largest absolute Gasteiger partial charge is 0.496 e. The Kier molecular flexibility index (Phi) is 8.38. The molecule has 0 saturated carbocycles. The van der Waals surface area contributed by atoms with Gasteiger partial charge in [-0.15, -0.1) is 0 Å². The molecule has 9 aromatic rings. The Bertz CT molecular complexity index is 2930. The monoisotopic (exact) mass is 734 g/mol. The Morgan fingerprint density at radius 1 is 0.368 bits per heavy atom. The molecule has 9 aromatic carbocycles. The highest BCUT2D eigenvalue weighted by Gasteiger charge is 2.35. The van der Waals surface area contributed by atoms with Crippen molar-refractivity contribution in [2.24, 2.45) is 0 Å². The van der Waals surface area contributed by atoms with Gasteiger partial charge in [-0.2, -0.15) is 0 Å². The molecule has 0 bridgehead atoms. The van der Waals surface area contributed by atoms with Crippen molar-refractivity contribution in [2.45, 2.75) is 19.3 Å². The summed E-state index contributed by atoms with van der Waals surface area (Å²) >= 11 is 0. The fraction of sp³-hybridized carbons (Fsp3) is 0.0741. The van der Waals surface area contributed by atoms with Crippen molar-refractivity contribution in [1.82, 2.24) is 0 Å². The van der Waals surface area contributed by atoms with Gasteiger partial charge in [-0.1, -0.05) is 141 Å². The maximum absolute atomic E-state index is 6.28. The highest BCUT2D eigenvalue weighted by atomic mass is 16.5. The lowest BCUT2D eigenvalue weighted by atomic mass is 9.82. The first kappa shape index (κ1) is 34.4. The topological polar surface area (TPSA) is 15.7 Å². The van der Waals surface area contributed by atoms with Crippen LogP contribution in [0.4, 0.5) is 34.1 Å². The number of ether oxygens (including phenoxy) is 1. The van der Waals surface area contributed by atoms with Crippen LogP contribution in [0.15, 0.2) is 200 Å². The molecule has 0 aliphatic heterocycles. The summed E-state index contributed by atoms with van der Waals surface area (Å²) in [5.41, 5.74) is 14.0. The first-order valence-corrected chi connectivity index (χ1v) is 19.6. The number of benzene rings is 9. The number of fused-ring (bicyclic) bond motifs is 5. The molecule has 0 heterocycles. The molecule has 0 amide bonds. The van der Waals surface area contributed by atoms with Gasteiger partial charge in [0.2, 0.25) is 0 Å². The minimum Gasteiger partial charge on any atom is -0.496 e. The van der Waals surface area contributed by atoms with E-state index in [1.807, 2.05) is 0 Å². The van der Waals surface area contributed by atoms with E-state index in [0.717, 1.165) is 61.8 Å². The molecule has 57 heavy (non-hydrogen) atoms. The van der Waals surface area contributed by atoms with Crippen LogP contribution in [0.1, 0.15) is 25.0 Å². The maximum atomic E-state index is 6.28. The zero-order valence-electron chi connectivity index (χ0n) is 32.4. The molecule has 0 saturated heterocycles. The molecule has 0 fully saturated rings. The summed E-state index contributed by atoms with van der Waals surface area (Å²) in [7, 11) is 1.78. The van der Waals surface area contributed by atoms with Crippen LogP contribution < -0.4 is 14.5 Å². The SMILES string of the molecule is COc1cc(N(c2ccccc2)c2ccc3c(c2)C(C)(C)c2ccccc2-3)ccc1-c1ccc(N(c2ccccc2)c2ccc3ccccc3c2)c2ccccc12. The molecule has 0 spiro atoms. The number of methoxy groups -OCH3 is 1. The van der Waals surface area contributed by atoms with Crippen molar-refractivity contribution < 1.29 is 4.74 Å². The molecule has 1 aliphatic rings. The lowest BCUT2D eigenvalue weighted by molar-refractivity contribution is 0.416. The molecule has 3 nitrogen and oxygen atoms in total. The Labute approximate surface area is 334 Å². The summed E-state index contributed by atoms with van der Waals surface area (Å²) in [5.74, 6) is 0.815. The van der Waals surface area contributed by atoms with Gasteiger partial charge in [0.1, 0.15) is 5.75 Å². The first-order valence-electron chi connectivity index (χ1n) is 19.6. The minimum absolute atomic E-state index is 0.108. The van der Waals surface area contributed by atoms with E-state index in [1.165, 1.54) is 33.0 Å².